The molecule has 0 aliphatic carbocycles. The number of hydrogen-bond donors (Lipinski definition) is 6. The predicted octanol–water partition coefficient (Wildman–Crippen LogP) is -0.476. The summed E-state index contributed by atoms with van der Waals surface area (Å²) in [5.41, 5.74) is 0.343. The molecule has 1 aliphatic rings. The SMILES string of the molecule is Cc1cccc(CCn2c(=O)ccn([C@@H]3O[C@H](COP(=O)(O)OP(=O)(O)OP(=O)(O)O)[C@H](O)C3O)c2=O)c1. The lowest BCUT2D eigenvalue weighted by Gasteiger charge is -2.19. The first-order valence-corrected chi connectivity index (χ1v) is 15.2. The van der Waals surface area contributed by atoms with Gasteiger partial charge in [0.05, 0.1) is 6.61 Å². The van der Waals surface area contributed by atoms with Crippen molar-refractivity contribution in [3.63, 3.8) is 0 Å². The normalized spacial score (nSPS) is 25.1. The Bertz CT molecular complexity index is 1420. The third kappa shape index (κ3) is 8.10. The molecule has 1 saturated heterocycles. The van der Waals surface area contributed by atoms with E-state index < -0.39 is 65.9 Å². The molecule has 2 heterocycles. The van der Waals surface area contributed by atoms with E-state index in [2.05, 4.69) is 13.1 Å². The van der Waals surface area contributed by atoms with E-state index in [1.807, 2.05) is 31.2 Å². The number of aliphatic hydroxyl groups excluding tert-OH is 2. The van der Waals surface area contributed by atoms with E-state index in [9.17, 15) is 43.3 Å². The number of aryl methyl sites for hydroxylation is 2. The van der Waals surface area contributed by atoms with E-state index in [-0.39, 0.29) is 6.54 Å². The molecule has 38 heavy (non-hydrogen) atoms. The fraction of sp³-hybridized carbons (Fsp3) is 0.444. The molecule has 2 aromatic rings. The van der Waals surface area contributed by atoms with E-state index in [1.54, 1.807) is 0 Å². The fourth-order valence-corrected chi connectivity index (χ4v) is 6.64. The molecular formula is C18H25N2O15P3. The first-order valence-electron chi connectivity index (χ1n) is 10.7. The van der Waals surface area contributed by atoms with Gasteiger partial charge in [0.25, 0.3) is 5.56 Å². The average Bonchev–Trinajstić information content (AvgIpc) is 3.04. The Morgan fingerprint density at radius 2 is 1.66 bits per heavy atom. The van der Waals surface area contributed by atoms with Crippen molar-refractivity contribution in [2.75, 3.05) is 6.61 Å². The van der Waals surface area contributed by atoms with Crippen molar-refractivity contribution in [2.24, 2.45) is 0 Å². The number of hydrogen-bond acceptors (Lipinski definition) is 11. The lowest BCUT2D eigenvalue weighted by molar-refractivity contribution is -0.0548. The van der Waals surface area contributed by atoms with Gasteiger partial charge in [-0.3, -0.25) is 18.5 Å². The molecule has 3 unspecified atom stereocenters. The van der Waals surface area contributed by atoms with Crippen LogP contribution in [0.3, 0.4) is 0 Å². The Morgan fingerprint density at radius 1 is 0.974 bits per heavy atom. The Balaban J connectivity index is 1.72. The van der Waals surface area contributed by atoms with Crippen LogP contribution in [0.1, 0.15) is 17.4 Å². The van der Waals surface area contributed by atoms with Gasteiger partial charge < -0.3 is 34.5 Å². The van der Waals surface area contributed by atoms with Crippen LogP contribution < -0.4 is 11.2 Å². The summed E-state index contributed by atoms with van der Waals surface area (Å²) < 4.78 is 52.7. The third-order valence-corrected chi connectivity index (χ3v) is 9.03. The molecule has 0 spiro atoms. The van der Waals surface area contributed by atoms with Crippen LogP contribution in [0.15, 0.2) is 46.1 Å². The molecule has 3 rings (SSSR count). The first-order chi connectivity index (χ1) is 17.5. The maximum atomic E-state index is 13.0. The monoisotopic (exact) mass is 602 g/mol. The van der Waals surface area contributed by atoms with Gasteiger partial charge in [0.1, 0.15) is 18.3 Å². The largest absolute Gasteiger partial charge is 0.490 e. The molecule has 212 valence electrons. The Hall–Kier alpha value is -1.81. The van der Waals surface area contributed by atoms with Crippen LogP contribution in [0.25, 0.3) is 0 Å². The predicted molar refractivity (Wildman–Crippen MR) is 126 cm³/mol. The Labute approximate surface area is 213 Å². The smallest absolute Gasteiger partial charge is 0.387 e. The van der Waals surface area contributed by atoms with Gasteiger partial charge >= 0.3 is 29.2 Å². The summed E-state index contributed by atoms with van der Waals surface area (Å²) in [7, 11) is -16.9. The van der Waals surface area contributed by atoms with Gasteiger partial charge in [-0.2, -0.15) is 8.62 Å². The molecule has 0 radical (unpaired) electrons. The minimum Gasteiger partial charge on any atom is -0.387 e. The van der Waals surface area contributed by atoms with E-state index in [0.29, 0.717) is 6.42 Å². The quantitative estimate of drug-likeness (QED) is 0.178. The van der Waals surface area contributed by atoms with Crippen molar-refractivity contribution < 1.29 is 61.4 Å². The number of nitrogens with zero attached hydrogens (tertiary/aromatic N) is 2. The van der Waals surface area contributed by atoms with Crippen LogP contribution in [-0.4, -0.2) is 63.8 Å². The van der Waals surface area contributed by atoms with Crippen LogP contribution in [-0.2, 0) is 44.5 Å². The Morgan fingerprint density at radius 3 is 2.29 bits per heavy atom. The first kappa shape index (κ1) is 30.7. The molecule has 0 bridgehead atoms. The Kier molecular flexibility index (Phi) is 9.49. The highest BCUT2D eigenvalue weighted by Crippen LogP contribution is 2.66. The van der Waals surface area contributed by atoms with Crippen LogP contribution >= 0.6 is 23.5 Å². The zero-order valence-electron chi connectivity index (χ0n) is 19.5. The summed E-state index contributed by atoms with van der Waals surface area (Å²) in [5, 5.41) is 20.7. The van der Waals surface area contributed by atoms with Gasteiger partial charge in [-0.25, -0.2) is 18.5 Å². The highest BCUT2D eigenvalue weighted by atomic mass is 31.3. The summed E-state index contributed by atoms with van der Waals surface area (Å²) in [6.45, 7) is 0.818. The molecule has 6 N–H and O–H groups in total. The van der Waals surface area contributed by atoms with Crippen LogP contribution in [0.5, 0.6) is 0 Å². The standard InChI is InChI=1S/C18H25N2O15P3/c1-11-3-2-4-12(9-11)5-7-19-14(21)6-8-20(18(19)24)17-16(23)15(22)13(33-17)10-32-37(28,29)35-38(30,31)34-36(25,26)27/h2-4,6,8-9,13,15-17,22-23H,5,7,10H2,1H3,(H,28,29)(H,30,31)(H2,25,26,27)/t13-,15+,16?,17-/m1/s1. The molecule has 0 amide bonds. The number of aromatic nitrogens is 2. The van der Waals surface area contributed by atoms with E-state index in [0.717, 1.165) is 32.5 Å². The van der Waals surface area contributed by atoms with Gasteiger partial charge in [-0.05, 0) is 18.9 Å². The van der Waals surface area contributed by atoms with Gasteiger partial charge in [0.2, 0.25) is 0 Å². The summed E-state index contributed by atoms with van der Waals surface area (Å²) in [4.78, 5) is 61.2. The van der Waals surface area contributed by atoms with Crippen molar-refractivity contribution in [2.45, 2.75) is 44.4 Å². The summed E-state index contributed by atoms with van der Waals surface area (Å²) >= 11 is 0. The zero-order valence-corrected chi connectivity index (χ0v) is 22.2. The van der Waals surface area contributed by atoms with Gasteiger partial charge in [-0.15, -0.1) is 0 Å². The summed E-state index contributed by atoms with van der Waals surface area (Å²) in [6.07, 6.45) is -5.41. The second-order valence-electron chi connectivity index (χ2n) is 8.17. The van der Waals surface area contributed by atoms with Crippen molar-refractivity contribution in [3.05, 3.63) is 68.5 Å². The second-order valence-corrected chi connectivity index (χ2v) is 12.6. The summed E-state index contributed by atoms with van der Waals surface area (Å²) in [6, 6.07) is 8.45. The fourth-order valence-electron chi connectivity index (χ4n) is 3.61. The number of phosphoric acid groups is 3. The number of phosphoric ester groups is 1. The third-order valence-electron chi connectivity index (χ3n) is 5.23. The van der Waals surface area contributed by atoms with Crippen LogP contribution in [0.2, 0.25) is 0 Å². The molecule has 1 fully saturated rings. The topological polar surface area (TPSA) is 254 Å². The van der Waals surface area contributed by atoms with E-state index in [4.69, 9.17) is 14.5 Å². The molecule has 1 aromatic heterocycles. The molecular weight excluding hydrogens is 577 g/mol. The highest BCUT2D eigenvalue weighted by Gasteiger charge is 2.46. The number of benzene rings is 1. The number of ether oxygens (including phenoxy) is 1. The van der Waals surface area contributed by atoms with Crippen LogP contribution in [0.4, 0.5) is 0 Å². The van der Waals surface area contributed by atoms with Gasteiger partial charge in [-0.1, -0.05) is 29.8 Å². The van der Waals surface area contributed by atoms with Crippen molar-refractivity contribution in [1.29, 1.82) is 0 Å². The molecule has 1 aromatic carbocycles. The van der Waals surface area contributed by atoms with E-state index in [1.165, 1.54) is 0 Å². The molecule has 20 heteroatoms. The van der Waals surface area contributed by atoms with Crippen molar-refractivity contribution in [3.8, 4) is 0 Å². The number of aliphatic hydroxyl groups is 2. The molecule has 1 aliphatic heterocycles. The minimum absolute atomic E-state index is 0.0111. The maximum Gasteiger partial charge on any atom is 0.490 e. The molecule has 17 nitrogen and oxygen atoms in total. The lowest BCUT2D eigenvalue weighted by atomic mass is 10.1. The zero-order chi connectivity index (χ0) is 28.5. The van der Waals surface area contributed by atoms with Gasteiger partial charge in [0.15, 0.2) is 6.23 Å². The molecule has 0 saturated carbocycles. The van der Waals surface area contributed by atoms with Crippen molar-refractivity contribution in [1.82, 2.24) is 9.13 Å². The summed E-state index contributed by atoms with van der Waals surface area (Å²) in [5.74, 6) is 0. The highest BCUT2D eigenvalue weighted by molar-refractivity contribution is 7.66. The van der Waals surface area contributed by atoms with Crippen LogP contribution in [0, 0.1) is 6.92 Å². The molecule has 6 atom stereocenters. The minimum atomic E-state index is -5.76. The van der Waals surface area contributed by atoms with E-state index >= 15 is 0 Å². The maximum absolute atomic E-state index is 13.0. The second kappa shape index (κ2) is 11.7. The average molecular weight is 602 g/mol. The number of rotatable bonds is 11. The lowest BCUT2D eigenvalue weighted by Crippen LogP contribution is -2.43. The van der Waals surface area contributed by atoms with Crippen molar-refractivity contribution >= 4 is 23.5 Å². The van der Waals surface area contributed by atoms with Gasteiger partial charge in [0, 0.05) is 18.8 Å².